The number of nitrogens with zero attached hydrogens (tertiary/aromatic N) is 2. The minimum Gasteiger partial charge on any atom is -0.459 e. The van der Waals surface area contributed by atoms with E-state index in [2.05, 4.69) is 34.5 Å². The van der Waals surface area contributed by atoms with Gasteiger partial charge in [0.25, 0.3) is 0 Å². The fourth-order valence-corrected chi connectivity index (χ4v) is 3.39. The summed E-state index contributed by atoms with van der Waals surface area (Å²) in [4.78, 5) is 10.4. The Labute approximate surface area is 152 Å². The molecule has 0 spiro atoms. The highest BCUT2D eigenvalue weighted by molar-refractivity contribution is 7.11. The molecule has 3 rings (SSSR count). The van der Waals surface area contributed by atoms with E-state index in [1.54, 1.807) is 11.3 Å². The summed E-state index contributed by atoms with van der Waals surface area (Å²) in [5.41, 5.74) is 0.904. The lowest BCUT2D eigenvalue weighted by Gasteiger charge is -2.10. The lowest BCUT2D eigenvalue weighted by molar-refractivity contribution is 0.551. The van der Waals surface area contributed by atoms with Crippen LogP contribution in [0.2, 0.25) is 0 Å². The molecule has 2 N–H and O–H groups in total. The molecule has 132 valence electrons. The maximum absolute atomic E-state index is 5.81. The van der Waals surface area contributed by atoms with Gasteiger partial charge in [-0.3, -0.25) is 0 Å². The predicted octanol–water partition coefficient (Wildman–Crippen LogP) is 3.75. The average molecular weight is 356 g/mol. The van der Waals surface area contributed by atoms with Gasteiger partial charge in [0.2, 0.25) is 0 Å². The molecular weight excluding hydrogens is 332 g/mol. The van der Waals surface area contributed by atoms with Crippen molar-refractivity contribution in [2.24, 2.45) is 4.99 Å². The van der Waals surface area contributed by atoms with Gasteiger partial charge >= 0.3 is 0 Å². The first kappa shape index (κ1) is 17.5. The SMILES string of the molecule is CCNC(=NCc1cc2ccccc2o1)NCCc1ncc(CC)s1. The number of benzene rings is 1. The fourth-order valence-electron chi connectivity index (χ4n) is 2.53. The molecule has 5 nitrogen and oxygen atoms in total. The number of aromatic nitrogens is 1. The summed E-state index contributed by atoms with van der Waals surface area (Å²) in [6, 6.07) is 10.1. The third-order valence-corrected chi connectivity index (χ3v) is 5.00. The van der Waals surface area contributed by atoms with Gasteiger partial charge in [0.15, 0.2) is 5.96 Å². The van der Waals surface area contributed by atoms with E-state index in [1.165, 1.54) is 4.88 Å². The molecule has 0 unspecified atom stereocenters. The second-order valence-electron chi connectivity index (χ2n) is 5.70. The molecule has 0 fully saturated rings. The van der Waals surface area contributed by atoms with E-state index in [0.29, 0.717) is 6.54 Å². The van der Waals surface area contributed by atoms with Crippen LogP contribution < -0.4 is 10.6 Å². The maximum atomic E-state index is 5.81. The Morgan fingerprint density at radius 3 is 2.88 bits per heavy atom. The summed E-state index contributed by atoms with van der Waals surface area (Å²) < 4.78 is 5.81. The quantitative estimate of drug-likeness (QED) is 0.500. The predicted molar refractivity (Wildman–Crippen MR) is 104 cm³/mol. The second-order valence-corrected chi connectivity index (χ2v) is 6.90. The Morgan fingerprint density at radius 1 is 1.24 bits per heavy atom. The number of fused-ring (bicyclic) bond motifs is 1. The Kier molecular flexibility index (Phi) is 6.06. The van der Waals surface area contributed by atoms with Crippen LogP contribution in [0.5, 0.6) is 0 Å². The molecule has 0 amide bonds. The van der Waals surface area contributed by atoms with E-state index in [-0.39, 0.29) is 0 Å². The van der Waals surface area contributed by atoms with Crippen LogP contribution in [0.1, 0.15) is 29.5 Å². The number of rotatable bonds is 7. The number of aliphatic imine (C=N–C) groups is 1. The van der Waals surface area contributed by atoms with Gasteiger partial charge in [-0.1, -0.05) is 25.1 Å². The highest BCUT2D eigenvalue weighted by Crippen LogP contribution is 2.19. The lowest BCUT2D eigenvalue weighted by atomic mass is 10.2. The molecule has 2 aromatic heterocycles. The molecule has 0 atom stereocenters. The van der Waals surface area contributed by atoms with Gasteiger partial charge in [-0.2, -0.15) is 0 Å². The van der Waals surface area contributed by atoms with E-state index in [4.69, 9.17) is 4.42 Å². The summed E-state index contributed by atoms with van der Waals surface area (Å²) >= 11 is 1.78. The molecule has 25 heavy (non-hydrogen) atoms. The van der Waals surface area contributed by atoms with Crippen LogP contribution in [-0.2, 0) is 19.4 Å². The van der Waals surface area contributed by atoms with Crippen molar-refractivity contribution in [3.05, 3.63) is 52.2 Å². The van der Waals surface area contributed by atoms with Crippen molar-refractivity contribution in [3.63, 3.8) is 0 Å². The second kappa shape index (κ2) is 8.67. The molecule has 0 saturated carbocycles. The smallest absolute Gasteiger partial charge is 0.191 e. The van der Waals surface area contributed by atoms with Gasteiger partial charge in [0.1, 0.15) is 17.9 Å². The van der Waals surface area contributed by atoms with Gasteiger partial charge in [-0.05, 0) is 25.5 Å². The number of guanidine groups is 1. The standard InChI is InChI=1S/C19H24N4OS/c1-3-16-13-22-18(25-16)9-10-21-19(20-4-2)23-12-15-11-14-7-5-6-8-17(14)24-15/h5-8,11,13H,3-4,9-10,12H2,1-2H3,(H2,20,21,23). The van der Waals surface area contributed by atoms with Crippen LogP contribution in [-0.4, -0.2) is 24.0 Å². The number of furan rings is 1. The van der Waals surface area contributed by atoms with Crippen molar-refractivity contribution >= 4 is 28.3 Å². The molecule has 6 heteroatoms. The minimum atomic E-state index is 0.515. The normalized spacial score (nSPS) is 11.8. The zero-order valence-electron chi connectivity index (χ0n) is 14.7. The highest BCUT2D eigenvalue weighted by Gasteiger charge is 2.04. The molecule has 0 bridgehead atoms. The molecule has 2 heterocycles. The zero-order valence-corrected chi connectivity index (χ0v) is 15.5. The van der Waals surface area contributed by atoms with E-state index in [1.807, 2.05) is 36.5 Å². The number of thiazole rings is 1. The first-order valence-electron chi connectivity index (χ1n) is 8.71. The van der Waals surface area contributed by atoms with Crippen LogP contribution in [0.4, 0.5) is 0 Å². The Bertz CT molecular complexity index is 804. The Morgan fingerprint density at radius 2 is 2.12 bits per heavy atom. The average Bonchev–Trinajstić information content (AvgIpc) is 3.25. The molecular formula is C19H24N4OS. The zero-order chi connectivity index (χ0) is 17.5. The summed E-state index contributed by atoms with van der Waals surface area (Å²) in [6.07, 6.45) is 3.92. The number of para-hydroxylation sites is 1. The van der Waals surface area contributed by atoms with Crippen molar-refractivity contribution in [1.82, 2.24) is 15.6 Å². The summed E-state index contributed by atoms with van der Waals surface area (Å²) in [6.45, 7) is 6.36. The molecule has 3 aromatic rings. The van der Waals surface area contributed by atoms with Crippen molar-refractivity contribution in [3.8, 4) is 0 Å². The van der Waals surface area contributed by atoms with Crippen molar-refractivity contribution < 1.29 is 4.42 Å². The van der Waals surface area contributed by atoms with Gasteiger partial charge in [0, 0.05) is 36.0 Å². The topological polar surface area (TPSA) is 62.5 Å². The number of hydrogen-bond acceptors (Lipinski definition) is 4. The van der Waals surface area contributed by atoms with Gasteiger partial charge in [-0.15, -0.1) is 11.3 Å². The summed E-state index contributed by atoms with van der Waals surface area (Å²) in [7, 11) is 0. The fraction of sp³-hybridized carbons (Fsp3) is 0.368. The van der Waals surface area contributed by atoms with Crippen LogP contribution in [0.25, 0.3) is 11.0 Å². The molecule has 0 aliphatic heterocycles. The van der Waals surface area contributed by atoms with Crippen molar-refractivity contribution in [2.45, 2.75) is 33.2 Å². The third-order valence-electron chi connectivity index (χ3n) is 3.79. The van der Waals surface area contributed by atoms with Gasteiger partial charge < -0.3 is 15.1 Å². The number of aryl methyl sites for hydroxylation is 1. The molecule has 1 aromatic carbocycles. The molecule has 0 aliphatic carbocycles. The van der Waals surface area contributed by atoms with E-state index in [0.717, 1.165) is 53.6 Å². The lowest BCUT2D eigenvalue weighted by Crippen LogP contribution is -2.38. The first-order valence-corrected chi connectivity index (χ1v) is 9.53. The van der Waals surface area contributed by atoms with Gasteiger partial charge in [-0.25, -0.2) is 9.98 Å². The van der Waals surface area contributed by atoms with Crippen LogP contribution in [0, 0.1) is 0 Å². The van der Waals surface area contributed by atoms with E-state index >= 15 is 0 Å². The molecule has 0 aliphatic rings. The summed E-state index contributed by atoms with van der Waals surface area (Å²) in [5.74, 6) is 1.67. The molecule has 0 saturated heterocycles. The summed E-state index contributed by atoms with van der Waals surface area (Å²) in [5, 5.41) is 8.91. The first-order chi connectivity index (χ1) is 12.3. The van der Waals surface area contributed by atoms with Crippen molar-refractivity contribution in [2.75, 3.05) is 13.1 Å². The maximum Gasteiger partial charge on any atom is 0.191 e. The number of nitrogens with one attached hydrogen (secondary N) is 2. The highest BCUT2D eigenvalue weighted by atomic mass is 32.1. The molecule has 0 radical (unpaired) electrons. The Balaban J connectivity index is 1.56. The third kappa shape index (κ3) is 4.82. The largest absolute Gasteiger partial charge is 0.459 e. The van der Waals surface area contributed by atoms with E-state index < -0.39 is 0 Å². The van der Waals surface area contributed by atoms with Gasteiger partial charge in [0.05, 0.1) is 5.01 Å². The number of hydrogen-bond donors (Lipinski definition) is 2. The van der Waals surface area contributed by atoms with E-state index in [9.17, 15) is 0 Å². The Hall–Kier alpha value is -2.34. The van der Waals surface area contributed by atoms with Crippen LogP contribution in [0.15, 0.2) is 45.9 Å². The van der Waals surface area contributed by atoms with Crippen molar-refractivity contribution in [1.29, 1.82) is 0 Å². The minimum absolute atomic E-state index is 0.515. The van der Waals surface area contributed by atoms with Crippen LogP contribution >= 0.6 is 11.3 Å². The van der Waals surface area contributed by atoms with Crippen LogP contribution in [0.3, 0.4) is 0 Å². The monoisotopic (exact) mass is 356 g/mol.